The lowest BCUT2D eigenvalue weighted by atomic mass is 10.2. The average Bonchev–Trinajstić information content (AvgIpc) is 2.94. The van der Waals surface area contributed by atoms with E-state index in [1.54, 1.807) is 31.5 Å². The molecule has 0 radical (unpaired) electrons. The van der Waals surface area contributed by atoms with Crippen LogP contribution in [0.4, 0.5) is 11.4 Å². The minimum Gasteiger partial charge on any atom is -0.460 e. The molecule has 1 aromatic carbocycles. The van der Waals surface area contributed by atoms with Gasteiger partial charge in [-0.1, -0.05) is 18.2 Å². The van der Waals surface area contributed by atoms with Crippen molar-refractivity contribution in [3.63, 3.8) is 0 Å². The van der Waals surface area contributed by atoms with E-state index in [1.165, 1.54) is 11.3 Å². The highest BCUT2D eigenvalue weighted by molar-refractivity contribution is 7.22. The number of esters is 1. The predicted octanol–water partition coefficient (Wildman–Crippen LogP) is 3.79. The third-order valence-electron chi connectivity index (χ3n) is 3.21. The molecule has 0 saturated carbocycles. The zero-order valence-electron chi connectivity index (χ0n) is 12.4. The van der Waals surface area contributed by atoms with Gasteiger partial charge < -0.3 is 10.1 Å². The van der Waals surface area contributed by atoms with Gasteiger partial charge >= 0.3 is 5.97 Å². The second-order valence-corrected chi connectivity index (χ2v) is 5.77. The fraction of sp³-hybridized carbons (Fsp3) is 0.118. The lowest BCUT2D eigenvalue weighted by Gasteiger charge is -2.07. The molecule has 0 fully saturated rings. The van der Waals surface area contributed by atoms with E-state index < -0.39 is 11.8 Å². The van der Waals surface area contributed by atoms with E-state index in [2.05, 4.69) is 10.3 Å². The van der Waals surface area contributed by atoms with E-state index in [4.69, 9.17) is 4.74 Å². The lowest BCUT2D eigenvalue weighted by Crippen LogP contribution is -2.17. The Labute approximate surface area is 136 Å². The number of benzene rings is 1. The fourth-order valence-electron chi connectivity index (χ4n) is 2.20. The molecule has 1 N–H and O–H groups in total. The largest absolute Gasteiger partial charge is 0.460 e. The number of ketones is 1. The topological polar surface area (TPSA) is 68.3 Å². The van der Waals surface area contributed by atoms with Crippen LogP contribution < -0.4 is 5.32 Å². The maximum absolute atomic E-state index is 12.4. The van der Waals surface area contributed by atoms with Gasteiger partial charge in [-0.2, -0.15) is 0 Å². The molecule has 3 aromatic rings. The summed E-state index contributed by atoms with van der Waals surface area (Å²) in [6, 6.07) is 11.2. The van der Waals surface area contributed by atoms with Crippen LogP contribution in [0.15, 0.2) is 48.8 Å². The molecule has 0 aliphatic heterocycles. The zero-order chi connectivity index (χ0) is 16.2. The number of rotatable bonds is 5. The number of hydrogen-bond donors (Lipinski definition) is 1. The second-order valence-electron chi connectivity index (χ2n) is 4.71. The van der Waals surface area contributed by atoms with Crippen molar-refractivity contribution >= 4 is 44.6 Å². The maximum atomic E-state index is 12.4. The third kappa shape index (κ3) is 3.07. The first-order valence-electron chi connectivity index (χ1n) is 7.10. The monoisotopic (exact) mass is 326 g/mol. The van der Waals surface area contributed by atoms with Crippen LogP contribution in [0.2, 0.25) is 0 Å². The van der Waals surface area contributed by atoms with Gasteiger partial charge in [-0.05, 0) is 25.1 Å². The number of hydrogen-bond acceptors (Lipinski definition) is 6. The lowest BCUT2D eigenvalue weighted by molar-refractivity contribution is -0.137. The normalized spacial score (nSPS) is 10.5. The number of ether oxygens (including phenoxy) is 1. The Morgan fingerprint density at radius 1 is 1.17 bits per heavy atom. The van der Waals surface area contributed by atoms with Gasteiger partial charge in [0.1, 0.15) is 4.88 Å². The van der Waals surface area contributed by atoms with Crippen LogP contribution in [0.25, 0.3) is 10.1 Å². The molecule has 0 unspecified atom stereocenters. The summed E-state index contributed by atoms with van der Waals surface area (Å²) in [6.07, 6.45) is 3.31. The molecular weight excluding hydrogens is 312 g/mol. The van der Waals surface area contributed by atoms with Gasteiger partial charge in [0.15, 0.2) is 0 Å². The summed E-state index contributed by atoms with van der Waals surface area (Å²) < 4.78 is 5.77. The second kappa shape index (κ2) is 6.58. The number of pyridine rings is 1. The number of Topliss-reactive ketones (excluding diaryl/α,β-unsaturated/α-hetero) is 1. The molecule has 0 aliphatic carbocycles. The molecule has 0 bridgehead atoms. The maximum Gasteiger partial charge on any atom is 0.380 e. The highest BCUT2D eigenvalue weighted by atomic mass is 32.1. The Balaban J connectivity index is 2.08. The highest BCUT2D eigenvalue weighted by Crippen LogP contribution is 2.37. The van der Waals surface area contributed by atoms with Crippen LogP contribution in [0, 0.1) is 0 Å². The molecule has 23 heavy (non-hydrogen) atoms. The van der Waals surface area contributed by atoms with Crippen LogP contribution >= 0.6 is 11.3 Å². The summed E-state index contributed by atoms with van der Waals surface area (Å²) in [6.45, 7) is 1.84. The smallest absolute Gasteiger partial charge is 0.380 e. The Morgan fingerprint density at radius 2 is 1.91 bits per heavy atom. The first-order valence-corrected chi connectivity index (χ1v) is 7.92. The van der Waals surface area contributed by atoms with Crippen molar-refractivity contribution < 1.29 is 14.3 Å². The van der Waals surface area contributed by atoms with Gasteiger partial charge in [-0.25, -0.2) is 4.79 Å². The average molecular weight is 326 g/mol. The number of nitrogens with one attached hydrogen (secondary N) is 1. The first kappa shape index (κ1) is 15.2. The van der Waals surface area contributed by atoms with E-state index in [0.717, 1.165) is 15.8 Å². The Kier molecular flexibility index (Phi) is 4.34. The van der Waals surface area contributed by atoms with Gasteiger partial charge in [0.05, 0.1) is 12.3 Å². The van der Waals surface area contributed by atoms with Gasteiger partial charge in [0, 0.05) is 28.2 Å². The molecule has 0 amide bonds. The van der Waals surface area contributed by atoms with Gasteiger partial charge in [-0.15, -0.1) is 11.3 Å². The number of nitrogens with zero attached hydrogens (tertiary/aromatic N) is 1. The van der Waals surface area contributed by atoms with E-state index in [-0.39, 0.29) is 6.61 Å². The molecule has 6 heteroatoms. The molecule has 5 nitrogen and oxygen atoms in total. The molecule has 2 heterocycles. The van der Waals surface area contributed by atoms with Crippen molar-refractivity contribution in [3.8, 4) is 0 Å². The summed E-state index contributed by atoms with van der Waals surface area (Å²) in [7, 11) is 0. The minimum absolute atomic E-state index is 0.169. The summed E-state index contributed by atoms with van der Waals surface area (Å²) in [5.41, 5.74) is 1.41. The summed E-state index contributed by atoms with van der Waals surface area (Å²) >= 11 is 1.28. The number of anilines is 2. The standard InChI is InChI=1S/C17H14N2O3S/c1-2-22-17(21)15(20)16-14(19-11-7-9-18-10-8-11)12-5-3-4-6-13(12)23-16/h3-10H,2H2,1H3,(H,18,19). The summed E-state index contributed by atoms with van der Waals surface area (Å²) in [5, 5.41) is 4.11. The Hall–Kier alpha value is -2.73. The first-order chi connectivity index (χ1) is 11.2. The molecule has 2 aromatic heterocycles. The van der Waals surface area contributed by atoms with Crippen LogP contribution in [0.5, 0.6) is 0 Å². The van der Waals surface area contributed by atoms with Crippen LogP contribution in [0.3, 0.4) is 0 Å². The van der Waals surface area contributed by atoms with Crippen molar-refractivity contribution in [2.45, 2.75) is 6.92 Å². The van der Waals surface area contributed by atoms with Crippen LogP contribution in [-0.4, -0.2) is 23.3 Å². The van der Waals surface area contributed by atoms with E-state index in [9.17, 15) is 9.59 Å². The Bertz CT molecular complexity index is 859. The van der Waals surface area contributed by atoms with E-state index in [0.29, 0.717) is 10.6 Å². The van der Waals surface area contributed by atoms with Crippen molar-refractivity contribution in [2.75, 3.05) is 11.9 Å². The number of fused-ring (bicyclic) bond motifs is 1. The molecular formula is C17H14N2O3S. The van der Waals surface area contributed by atoms with Crippen molar-refractivity contribution in [3.05, 3.63) is 53.7 Å². The molecule has 0 atom stereocenters. The number of carbonyl (C=O) groups is 2. The summed E-state index contributed by atoms with van der Waals surface area (Å²) in [4.78, 5) is 28.5. The third-order valence-corrected chi connectivity index (χ3v) is 4.38. The highest BCUT2D eigenvalue weighted by Gasteiger charge is 2.25. The fourth-order valence-corrected chi connectivity index (χ4v) is 3.28. The van der Waals surface area contributed by atoms with Crippen LogP contribution in [-0.2, 0) is 9.53 Å². The van der Waals surface area contributed by atoms with Crippen LogP contribution in [0.1, 0.15) is 16.6 Å². The minimum atomic E-state index is -0.836. The van der Waals surface area contributed by atoms with E-state index >= 15 is 0 Å². The van der Waals surface area contributed by atoms with Crippen molar-refractivity contribution in [1.82, 2.24) is 4.98 Å². The molecule has 0 aliphatic rings. The van der Waals surface area contributed by atoms with E-state index in [1.807, 2.05) is 24.3 Å². The number of aromatic nitrogens is 1. The van der Waals surface area contributed by atoms with Crippen molar-refractivity contribution in [1.29, 1.82) is 0 Å². The van der Waals surface area contributed by atoms with Gasteiger partial charge in [0.25, 0.3) is 5.78 Å². The molecule has 0 saturated heterocycles. The summed E-state index contributed by atoms with van der Waals surface area (Å²) in [5.74, 6) is -1.47. The Morgan fingerprint density at radius 3 is 2.65 bits per heavy atom. The molecule has 0 spiro atoms. The quantitative estimate of drug-likeness (QED) is 0.439. The van der Waals surface area contributed by atoms with Gasteiger partial charge in [0.2, 0.25) is 0 Å². The SMILES string of the molecule is CCOC(=O)C(=O)c1sc2ccccc2c1Nc1ccncc1. The molecule has 116 valence electrons. The zero-order valence-corrected chi connectivity index (χ0v) is 13.2. The predicted molar refractivity (Wildman–Crippen MR) is 90.3 cm³/mol. The van der Waals surface area contributed by atoms with Gasteiger partial charge in [-0.3, -0.25) is 9.78 Å². The molecule has 3 rings (SSSR count). The van der Waals surface area contributed by atoms with Crippen molar-refractivity contribution in [2.24, 2.45) is 0 Å². The number of thiophene rings is 1. The number of carbonyl (C=O) groups excluding carboxylic acids is 2.